The predicted octanol–water partition coefficient (Wildman–Crippen LogP) is 2.28. The quantitative estimate of drug-likeness (QED) is 0.495. The molecule has 5 nitrogen and oxygen atoms in total. The van der Waals surface area contributed by atoms with Crippen molar-refractivity contribution in [2.45, 2.75) is 71.1 Å². The van der Waals surface area contributed by atoms with Gasteiger partial charge in [0, 0.05) is 19.1 Å². The molecule has 1 aliphatic rings. The van der Waals surface area contributed by atoms with Crippen molar-refractivity contribution in [2.75, 3.05) is 26.4 Å². The van der Waals surface area contributed by atoms with Gasteiger partial charge in [0.1, 0.15) is 5.54 Å². The Bertz CT molecular complexity index is 309. The largest absolute Gasteiger partial charge is 0.465 e. The minimum atomic E-state index is -0.584. The van der Waals surface area contributed by atoms with Gasteiger partial charge in [-0.25, -0.2) is 0 Å². The van der Waals surface area contributed by atoms with Crippen LogP contribution in [0.25, 0.3) is 0 Å². The van der Waals surface area contributed by atoms with Crippen molar-refractivity contribution in [1.82, 2.24) is 5.32 Å². The van der Waals surface area contributed by atoms with Crippen LogP contribution in [-0.4, -0.2) is 50.1 Å². The summed E-state index contributed by atoms with van der Waals surface area (Å²) >= 11 is 0. The summed E-state index contributed by atoms with van der Waals surface area (Å²) in [5.74, 6) is -0.146. The summed E-state index contributed by atoms with van der Waals surface area (Å²) in [4.78, 5) is 12.3. The fraction of sp³-hybridized carbons (Fsp3) is 0.938. The lowest BCUT2D eigenvalue weighted by atomic mass is 9.96. The Labute approximate surface area is 128 Å². The molecule has 1 N–H and O–H groups in total. The first-order valence-corrected chi connectivity index (χ1v) is 8.18. The maximum atomic E-state index is 12.3. The van der Waals surface area contributed by atoms with Crippen molar-refractivity contribution in [3.05, 3.63) is 0 Å². The van der Waals surface area contributed by atoms with Gasteiger partial charge < -0.3 is 14.2 Å². The van der Waals surface area contributed by atoms with E-state index in [0.717, 1.165) is 25.9 Å². The molecule has 0 saturated heterocycles. The average molecular weight is 301 g/mol. The highest BCUT2D eigenvalue weighted by Crippen LogP contribution is 2.33. The molecule has 0 heterocycles. The van der Waals surface area contributed by atoms with Crippen molar-refractivity contribution in [2.24, 2.45) is 0 Å². The summed E-state index contributed by atoms with van der Waals surface area (Å²) in [6, 6.07) is 0.237. The van der Waals surface area contributed by atoms with Crippen LogP contribution in [0.4, 0.5) is 0 Å². The zero-order chi connectivity index (χ0) is 15.7. The molecule has 2 unspecified atom stereocenters. The lowest BCUT2D eigenvalue weighted by molar-refractivity contribution is -0.151. The summed E-state index contributed by atoms with van der Waals surface area (Å²) in [5.41, 5.74) is -0.584. The number of carbonyl (C=O) groups is 1. The molecule has 1 saturated carbocycles. The molecule has 0 aliphatic heterocycles. The Balaban J connectivity index is 2.46. The highest BCUT2D eigenvalue weighted by Gasteiger charge is 2.47. The summed E-state index contributed by atoms with van der Waals surface area (Å²) < 4.78 is 16.5. The van der Waals surface area contributed by atoms with E-state index in [9.17, 15) is 4.79 Å². The molecule has 0 radical (unpaired) electrons. The Morgan fingerprint density at radius 1 is 1.29 bits per heavy atom. The monoisotopic (exact) mass is 301 g/mol. The van der Waals surface area contributed by atoms with E-state index in [1.165, 1.54) is 0 Å². The van der Waals surface area contributed by atoms with Gasteiger partial charge in [-0.15, -0.1) is 0 Å². The number of carbonyl (C=O) groups excluding carboxylic acids is 1. The number of rotatable bonds is 10. The van der Waals surface area contributed by atoms with Crippen molar-refractivity contribution in [3.63, 3.8) is 0 Å². The highest BCUT2D eigenvalue weighted by molar-refractivity contribution is 5.81. The van der Waals surface area contributed by atoms with Gasteiger partial charge in [0.2, 0.25) is 0 Å². The molecule has 0 aromatic heterocycles. The molecule has 0 aromatic carbocycles. The molecule has 2 atom stereocenters. The third-order valence-electron chi connectivity index (χ3n) is 3.63. The van der Waals surface area contributed by atoms with Crippen molar-refractivity contribution in [1.29, 1.82) is 0 Å². The van der Waals surface area contributed by atoms with Crippen molar-refractivity contribution in [3.8, 4) is 0 Å². The third-order valence-corrected chi connectivity index (χ3v) is 3.63. The first kappa shape index (κ1) is 18.4. The Kier molecular flexibility index (Phi) is 8.22. The van der Waals surface area contributed by atoms with Crippen LogP contribution in [0.2, 0.25) is 0 Å². The standard InChI is InChI=1S/C16H31NO4/c1-5-9-19-10-11-21-14-7-8-16(12-14,17-13(3)4)15(18)20-6-2/h13-14,17H,5-12H2,1-4H3. The summed E-state index contributed by atoms with van der Waals surface area (Å²) in [7, 11) is 0. The van der Waals surface area contributed by atoms with Crippen LogP contribution in [0.3, 0.4) is 0 Å². The molecule has 21 heavy (non-hydrogen) atoms. The second-order valence-corrected chi connectivity index (χ2v) is 5.95. The van der Waals surface area contributed by atoms with Gasteiger partial charge in [-0.2, -0.15) is 0 Å². The van der Waals surface area contributed by atoms with Crippen molar-refractivity contribution < 1.29 is 19.0 Å². The maximum absolute atomic E-state index is 12.3. The number of hydrogen-bond donors (Lipinski definition) is 1. The first-order valence-electron chi connectivity index (χ1n) is 8.18. The number of esters is 1. The minimum Gasteiger partial charge on any atom is -0.465 e. The molecule has 124 valence electrons. The van der Waals surface area contributed by atoms with Crippen LogP contribution in [0, 0.1) is 0 Å². The van der Waals surface area contributed by atoms with E-state index in [1.54, 1.807) is 0 Å². The molecule has 1 rings (SSSR count). The summed E-state index contributed by atoms with van der Waals surface area (Å²) in [6.07, 6.45) is 3.45. The molecule has 0 spiro atoms. The summed E-state index contributed by atoms with van der Waals surface area (Å²) in [6.45, 7) is 10.4. The first-order chi connectivity index (χ1) is 10.0. The van der Waals surface area contributed by atoms with Crippen molar-refractivity contribution >= 4 is 5.97 Å². The normalized spacial score (nSPS) is 25.5. The SMILES string of the molecule is CCCOCCOC1CCC(NC(C)C)(C(=O)OCC)C1. The average Bonchev–Trinajstić information content (AvgIpc) is 2.82. The lowest BCUT2D eigenvalue weighted by Gasteiger charge is -2.30. The molecular weight excluding hydrogens is 270 g/mol. The van der Waals surface area contributed by atoms with E-state index in [4.69, 9.17) is 14.2 Å². The van der Waals surface area contributed by atoms with E-state index in [1.807, 2.05) is 20.8 Å². The highest BCUT2D eigenvalue weighted by atomic mass is 16.5. The van der Waals surface area contributed by atoms with Crippen LogP contribution in [-0.2, 0) is 19.0 Å². The van der Waals surface area contributed by atoms with Crippen LogP contribution in [0.15, 0.2) is 0 Å². The van der Waals surface area contributed by atoms with Gasteiger partial charge in [-0.3, -0.25) is 10.1 Å². The van der Waals surface area contributed by atoms with Gasteiger partial charge in [-0.1, -0.05) is 6.92 Å². The van der Waals surface area contributed by atoms with E-state index in [0.29, 0.717) is 26.2 Å². The number of nitrogens with one attached hydrogen (secondary N) is 1. The number of hydrogen-bond acceptors (Lipinski definition) is 5. The molecule has 0 aromatic rings. The van der Waals surface area contributed by atoms with Crippen LogP contribution in [0.5, 0.6) is 0 Å². The van der Waals surface area contributed by atoms with E-state index >= 15 is 0 Å². The zero-order valence-corrected chi connectivity index (χ0v) is 13.9. The second kappa shape index (κ2) is 9.38. The molecule has 0 bridgehead atoms. The van der Waals surface area contributed by atoms with Gasteiger partial charge in [0.05, 0.1) is 25.9 Å². The Morgan fingerprint density at radius 3 is 2.67 bits per heavy atom. The zero-order valence-electron chi connectivity index (χ0n) is 13.9. The fourth-order valence-corrected chi connectivity index (χ4v) is 2.86. The number of ether oxygens (including phenoxy) is 3. The minimum absolute atomic E-state index is 0.103. The topological polar surface area (TPSA) is 56.8 Å². The summed E-state index contributed by atoms with van der Waals surface area (Å²) in [5, 5.41) is 3.39. The van der Waals surface area contributed by atoms with Gasteiger partial charge in [-0.05, 0) is 40.0 Å². The maximum Gasteiger partial charge on any atom is 0.326 e. The smallest absolute Gasteiger partial charge is 0.326 e. The Morgan fingerprint density at radius 2 is 2.05 bits per heavy atom. The van der Waals surface area contributed by atoms with Crippen LogP contribution in [0.1, 0.15) is 53.4 Å². The van der Waals surface area contributed by atoms with Crippen LogP contribution >= 0.6 is 0 Å². The lowest BCUT2D eigenvalue weighted by Crippen LogP contribution is -2.54. The molecule has 1 aliphatic carbocycles. The molecule has 5 heteroatoms. The van der Waals surface area contributed by atoms with E-state index < -0.39 is 5.54 Å². The van der Waals surface area contributed by atoms with E-state index in [-0.39, 0.29) is 18.1 Å². The predicted molar refractivity (Wildman–Crippen MR) is 82.3 cm³/mol. The fourth-order valence-electron chi connectivity index (χ4n) is 2.86. The van der Waals surface area contributed by atoms with E-state index in [2.05, 4.69) is 12.2 Å². The Hall–Kier alpha value is -0.650. The molecule has 1 fully saturated rings. The van der Waals surface area contributed by atoms with Gasteiger partial charge >= 0.3 is 5.97 Å². The third kappa shape index (κ3) is 5.93. The second-order valence-electron chi connectivity index (χ2n) is 5.95. The van der Waals surface area contributed by atoms with Gasteiger partial charge in [0.25, 0.3) is 0 Å². The van der Waals surface area contributed by atoms with Crippen LogP contribution < -0.4 is 5.32 Å². The molecular formula is C16H31NO4. The van der Waals surface area contributed by atoms with Gasteiger partial charge in [0.15, 0.2) is 0 Å². The molecule has 0 amide bonds.